The summed E-state index contributed by atoms with van der Waals surface area (Å²) < 4.78 is 16.8. The van der Waals surface area contributed by atoms with Crippen molar-refractivity contribution in [3.05, 3.63) is 89.0 Å². The molecule has 6 nitrogen and oxygen atoms in total. The van der Waals surface area contributed by atoms with Gasteiger partial charge in [0.15, 0.2) is 0 Å². The first-order chi connectivity index (χ1) is 20.8. The molecular formula is C37H45NO5. The summed E-state index contributed by atoms with van der Waals surface area (Å²) in [6.45, 7) is 9.48. The largest absolute Gasteiger partial charge is 0.492 e. The van der Waals surface area contributed by atoms with Crippen molar-refractivity contribution in [2.45, 2.75) is 85.5 Å². The van der Waals surface area contributed by atoms with Crippen LogP contribution < -0.4 is 14.2 Å². The van der Waals surface area contributed by atoms with Gasteiger partial charge in [0, 0.05) is 0 Å². The number of nitriles is 1. The lowest BCUT2D eigenvalue weighted by molar-refractivity contribution is 0.0730. The summed E-state index contributed by atoms with van der Waals surface area (Å²) in [5.41, 5.74) is 2.22. The van der Waals surface area contributed by atoms with Crippen LogP contribution in [-0.4, -0.2) is 18.5 Å². The number of rotatable bonds is 17. The highest BCUT2D eigenvalue weighted by Gasteiger charge is 2.15. The second-order valence-corrected chi connectivity index (χ2v) is 11.6. The molecule has 0 aliphatic carbocycles. The fourth-order valence-corrected chi connectivity index (χ4v) is 4.72. The Kier molecular flexibility index (Phi) is 13.8. The SMILES string of the molecule is CCCCCCOc1cc(C(=O)Oc2ccc(C(=O)Oc3ccc(CC[C@@H](C)CCCC(C)C)cc3)cc2)ccc1C#N. The van der Waals surface area contributed by atoms with Gasteiger partial charge in [-0.05, 0) is 91.3 Å². The van der Waals surface area contributed by atoms with E-state index in [0.29, 0.717) is 35.2 Å². The minimum absolute atomic E-state index is 0.273. The van der Waals surface area contributed by atoms with Crippen molar-refractivity contribution >= 4 is 11.9 Å². The zero-order valence-corrected chi connectivity index (χ0v) is 26.1. The average Bonchev–Trinajstić information content (AvgIpc) is 3.00. The topological polar surface area (TPSA) is 85.6 Å². The van der Waals surface area contributed by atoms with E-state index in [4.69, 9.17) is 14.2 Å². The molecule has 228 valence electrons. The summed E-state index contributed by atoms with van der Waals surface area (Å²) in [4.78, 5) is 25.5. The van der Waals surface area contributed by atoms with Crippen LogP contribution in [0.1, 0.15) is 111 Å². The molecule has 43 heavy (non-hydrogen) atoms. The fraction of sp³-hybridized carbons (Fsp3) is 0.432. The number of benzene rings is 3. The van der Waals surface area contributed by atoms with Crippen molar-refractivity contribution < 1.29 is 23.8 Å². The molecule has 0 aliphatic heterocycles. The van der Waals surface area contributed by atoms with E-state index in [1.54, 1.807) is 30.3 Å². The number of carbonyl (C=O) groups excluding carboxylic acids is 2. The highest BCUT2D eigenvalue weighted by atomic mass is 16.5. The molecule has 6 heteroatoms. The predicted octanol–water partition coefficient (Wildman–Crippen LogP) is 9.35. The average molecular weight is 584 g/mol. The number of unbranched alkanes of at least 4 members (excludes halogenated alkanes) is 3. The summed E-state index contributed by atoms with van der Waals surface area (Å²) in [5, 5.41) is 9.39. The molecule has 0 spiro atoms. The summed E-state index contributed by atoms with van der Waals surface area (Å²) >= 11 is 0. The summed E-state index contributed by atoms with van der Waals surface area (Å²) in [6, 6.07) is 20.6. The highest BCUT2D eigenvalue weighted by Crippen LogP contribution is 2.23. The third-order valence-electron chi connectivity index (χ3n) is 7.43. The molecule has 0 amide bonds. The second kappa shape index (κ2) is 17.8. The Morgan fingerprint density at radius 3 is 2.00 bits per heavy atom. The van der Waals surface area contributed by atoms with E-state index in [0.717, 1.165) is 44.4 Å². The van der Waals surface area contributed by atoms with Gasteiger partial charge in [-0.2, -0.15) is 5.26 Å². The van der Waals surface area contributed by atoms with Crippen molar-refractivity contribution in [1.82, 2.24) is 0 Å². The number of ether oxygens (including phenoxy) is 3. The standard InChI is InChI=1S/C37H45NO5/c1-5-6-7-8-24-41-35-25-31(16-17-32(35)26-38)37(40)43-34-22-18-30(19-23-34)36(39)42-33-20-14-29(15-21-33)13-12-28(4)11-9-10-27(2)3/h14-23,25,27-28H,5-13,24H2,1-4H3/t28-/m0/s1. The predicted molar refractivity (Wildman–Crippen MR) is 170 cm³/mol. The van der Waals surface area contributed by atoms with Gasteiger partial charge >= 0.3 is 11.9 Å². The smallest absolute Gasteiger partial charge is 0.343 e. The number of aryl methyl sites for hydroxylation is 1. The quantitative estimate of drug-likeness (QED) is 0.0894. The van der Waals surface area contributed by atoms with Crippen LogP contribution in [0.15, 0.2) is 66.7 Å². The maximum absolute atomic E-state index is 12.8. The molecule has 0 aliphatic rings. The van der Waals surface area contributed by atoms with E-state index in [9.17, 15) is 14.9 Å². The molecule has 3 aromatic rings. The lowest BCUT2D eigenvalue weighted by atomic mass is 9.94. The third kappa shape index (κ3) is 11.6. The molecule has 0 unspecified atom stereocenters. The van der Waals surface area contributed by atoms with E-state index >= 15 is 0 Å². The van der Waals surface area contributed by atoms with Crippen molar-refractivity contribution in [2.24, 2.45) is 11.8 Å². The van der Waals surface area contributed by atoms with Gasteiger partial charge in [-0.15, -0.1) is 0 Å². The van der Waals surface area contributed by atoms with Crippen LogP contribution in [0.5, 0.6) is 17.2 Å². The summed E-state index contributed by atoms with van der Waals surface area (Å²) in [5.74, 6) is 1.52. The molecular weight excluding hydrogens is 538 g/mol. The van der Waals surface area contributed by atoms with Crippen LogP contribution in [0, 0.1) is 23.2 Å². The zero-order chi connectivity index (χ0) is 31.0. The number of nitrogens with zero attached hydrogens (tertiary/aromatic N) is 1. The lowest BCUT2D eigenvalue weighted by Gasteiger charge is -2.12. The second-order valence-electron chi connectivity index (χ2n) is 11.6. The molecule has 0 aromatic heterocycles. The minimum atomic E-state index is -0.583. The number of hydrogen-bond acceptors (Lipinski definition) is 6. The molecule has 0 saturated carbocycles. The van der Waals surface area contributed by atoms with Crippen molar-refractivity contribution in [3.8, 4) is 23.3 Å². The Morgan fingerprint density at radius 1 is 0.744 bits per heavy atom. The Balaban J connectivity index is 1.50. The maximum atomic E-state index is 12.8. The monoisotopic (exact) mass is 583 g/mol. The van der Waals surface area contributed by atoms with E-state index in [1.165, 1.54) is 37.0 Å². The Labute approximate surface area is 257 Å². The van der Waals surface area contributed by atoms with Crippen LogP contribution >= 0.6 is 0 Å². The number of esters is 2. The first kappa shape index (κ1) is 33.4. The van der Waals surface area contributed by atoms with Gasteiger partial charge in [0.05, 0.1) is 23.3 Å². The van der Waals surface area contributed by atoms with Gasteiger partial charge in [-0.3, -0.25) is 0 Å². The maximum Gasteiger partial charge on any atom is 0.343 e. The molecule has 0 fully saturated rings. The third-order valence-corrected chi connectivity index (χ3v) is 7.43. The van der Waals surface area contributed by atoms with Gasteiger partial charge in [0.1, 0.15) is 23.3 Å². The Bertz CT molecular complexity index is 1340. The van der Waals surface area contributed by atoms with E-state index in [2.05, 4.69) is 33.8 Å². The van der Waals surface area contributed by atoms with Crippen LogP contribution in [0.3, 0.4) is 0 Å². The molecule has 0 bridgehead atoms. The molecule has 1 atom stereocenters. The van der Waals surface area contributed by atoms with Crippen LogP contribution in [-0.2, 0) is 6.42 Å². The minimum Gasteiger partial charge on any atom is -0.492 e. The first-order valence-electron chi connectivity index (χ1n) is 15.6. The first-order valence-corrected chi connectivity index (χ1v) is 15.6. The normalized spacial score (nSPS) is 11.5. The number of carbonyl (C=O) groups is 2. The van der Waals surface area contributed by atoms with Gasteiger partial charge in [-0.1, -0.05) is 78.4 Å². The van der Waals surface area contributed by atoms with E-state index in [1.807, 2.05) is 24.3 Å². The van der Waals surface area contributed by atoms with Gasteiger partial charge < -0.3 is 14.2 Å². The number of hydrogen-bond donors (Lipinski definition) is 0. The van der Waals surface area contributed by atoms with E-state index < -0.39 is 11.9 Å². The Hall–Kier alpha value is -4.11. The Morgan fingerprint density at radius 2 is 1.37 bits per heavy atom. The lowest BCUT2D eigenvalue weighted by Crippen LogP contribution is -2.11. The molecule has 0 N–H and O–H groups in total. The van der Waals surface area contributed by atoms with Crippen molar-refractivity contribution in [2.75, 3.05) is 6.61 Å². The molecule has 0 radical (unpaired) electrons. The van der Waals surface area contributed by atoms with Crippen LogP contribution in [0.25, 0.3) is 0 Å². The summed E-state index contributed by atoms with van der Waals surface area (Å²) in [6.07, 6.45) is 10.2. The van der Waals surface area contributed by atoms with Gasteiger partial charge in [0.2, 0.25) is 0 Å². The van der Waals surface area contributed by atoms with Gasteiger partial charge in [0.25, 0.3) is 0 Å². The van der Waals surface area contributed by atoms with E-state index in [-0.39, 0.29) is 11.3 Å². The summed E-state index contributed by atoms with van der Waals surface area (Å²) in [7, 11) is 0. The van der Waals surface area contributed by atoms with Gasteiger partial charge in [-0.25, -0.2) is 9.59 Å². The fourth-order valence-electron chi connectivity index (χ4n) is 4.72. The highest BCUT2D eigenvalue weighted by molar-refractivity contribution is 5.93. The van der Waals surface area contributed by atoms with Crippen LogP contribution in [0.4, 0.5) is 0 Å². The van der Waals surface area contributed by atoms with Crippen LogP contribution in [0.2, 0.25) is 0 Å². The zero-order valence-electron chi connectivity index (χ0n) is 26.1. The van der Waals surface area contributed by atoms with Crippen molar-refractivity contribution in [3.63, 3.8) is 0 Å². The van der Waals surface area contributed by atoms with Crippen molar-refractivity contribution in [1.29, 1.82) is 5.26 Å². The molecule has 0 heterocycles. The molecule has 3 aromatic carbocycles. The molecule has 3 rings (SSSR count). The molecule has 0 saturated heterocycles.